The maximum absolute atomic E-state index is 14.9. The molecule has 0 aliphatic heterocycles. The number of nitrogens with zero attached hydrogens (tertiary/aromatic N) is 3. The zero-order valence-electron chi connectivity index (χ0n) is 15.1. The Hall–Kier alpha value is -3.09. The standard InChI is InChI=1S/C20H19FN4O2/c1-11-7-14-15(24-11)5-6-16(18(14)21)27-20-19-12(2)17(26-9-13-3-4-13)8-25(19)23-10-22-20/h5-8,10,13,24H,3-4,9H2,1-2H3. The van der Waals surface area contributed by atoms with E-state index in [0.29, 0.717) is 29.3 Å². The van der Waals surface area contributed by atoms with Gasteiger partial charge in [0.1, 0.15) is 17.6 Å². The fraction of sp³-hybridized carbons (Fsp3) is 0.300. The lowest BCUT2D eigenvalue weighted by Crippen LogP contribution is -1.98. The highest BCUT2D eigenvalue weighted by Crippen LogP contribution is 2.36. The normalized spacial score (nSPS) is 14.2. The molecule has 4 aromatic rings. The molecule has 5 rings (SSSR count). The first kappa shape index (κ1) is 16.1. The molecular weight excluding hydrogens is 347 g/mol. The third-order valence-corrected chi connectivity index (χ3v) is 4.96. The number of H-pyrrole nitrogens is 1. The summed E-state index contributed by atoms with van der Waals surface area (Å²) in [6, 6.07) is 5.17. The minimum absolute atomic E-state index is 0.128. The molecule has 0 unspecified atom stereocenters. The molecular formula is C20H19FN4O2. The number of hydrogen-bond donors (Lipinski definition) is 1. The Bertz CT molecular complexity index is 1160. The smallest absolute Gasteiger partial charge is 0.247 e. The number of aromatic amines is 1. The summed E-state index contributed by atoms with van der Waals surface area (Å²) in [5.74, 6) is 1.42. The molecule has 7 heteroatoms. The summed E-state index contributed by atoms with van der Waals surface area (Å²) in [6.45, 7) is 4.53. The maximum Gasteiger partial charge on any atom is 0.247 e. The molecule has 0 atom stereocenters. The molecule has 1 N–H and O–H groups in total. The summed E-state index contributed by atoms with van der Waals surface area (Å²) < 4.78 is 28.3. The predicted molar refractivity (Wildman–Crippen MR) is 99.0 cm³/mol. The maximum atomic E-state index is 14.9. The third kappa shape index (κ3) is 2.79. The van der Waals surface area contributed by atoms with Crippen LogP contribution in [0.1, 0.15) is 24.1 Å². The highest BCUT2D eigenvalue weighted by Gasteiger charge is 2.23. The number of rotatable bonds is 5. The van der Waals surface area contributed by atoms with Gasteiger partial charge in [-0.15, -0.1) is 0 Å². The number of halogens is 1. The van der Waals surface area contributed by atoms with Gasteiger partial charge in [-0.25, -0.2) is 8.91 Å². The molecule has 0 radical (unpaired) electrons. The molecule has 3 aromatic heterocycles. The van der Waals surface area contributed by atoms with Gasteiger partial charge in [0.05, 0.1) is 12.8 Å². The zero-order chi connectivity index (χ0) is 18.5. The van der Waals surface area contributed by atoms with E-state index in [0.717, 1.165) is 22.5 Å². The molecule has 27 heavy (non-hydrogen) atoms. The second-order valence-electron chi connectivity index (χ2n) is 7.12. The second-order valence-corrected chi connectivity index (χ2v) is 7.12. The largest absolute Gasteiger partial charge is 0.491 e. The Morgan fingerprint density at radius 1 is 1.26 bits per heavy atom. The molecule has 3 heterocycles. The van der Waals surface area contributed by atoms with E-state index < -0.39 is 5.82 Å². The molecule has 1 saturated carbocycles. The molecule has 6 nitrogen and oxygen atoms in total. The van der Waals surface area contributed by atoms with Gasteiger partial charge in [0.25, 0.3) is 0 Å². The number of nitrogens with one attached hydrogen (secondary N) is 1. The van der Waals surface area contributed by atoms with Crippen molar-refractivity contribution in [3.63, 3.8) is 0 Å². The quantitative estimate of drug-likeness (QED) is 0.563. The average molecular weight is 366 g/mol. The van der Waals surface area contributed by atoms with Gasteiger partial charge in [-0.2, -0.15) is 10.1 Å². The van der Waals surface area contributed by atoms with E-state index >= 15 is 0 Å². The zero-order valence-corrected chi connectivity index (χ0v) is 15.1. The third-order valence-electron chi connectivity index (χ3n) is 4.96. The van der Waals surface area contributed by atoms with Crippen molar-refractivity contribution in [1.29, 1.82) is 0 Å². The van der Waals surface area contributed by atoms with Crippen molar-refractivity contribution in [2.24, 2.45) is 5.92 Å². The van der Waals surface area contributed by atoms with E-state index in [9.17, 15) is 4.39 Å². The van der Waals surface area contributed by atoms with Crippen LogP contribution in [0.2, 0.25) is 0 Å². The van der Waals surface area contributed by atoms with Crippen molar-refractivity contribution in [2.45, 2.75) is 26.7 Å². The topological polar surface area (TPSA) is 64.4 Å². The molecule has 1 aliphatic rings. The Kier molecular flexibility index (Phi) is 3.56. The Balaban J connectivity index is 1.53. The number of aromatic nitrogens is 4. The van der Waals surface area contributed by atoms with Gasteiger partial charge >= 0.3 is 0 Å². The number of fused-ring (bicyclic) bond motifs is 2. The van der Waals surface area contributed by atoms with Gasteiger partial charge in [-0.1, -0.05) is 0 Å². The minimum atomic E-state index is -0.414. The van der Waals surface area contributed by atoms with Crippen molar-refractivity contribution in [3.05, 3.63) is 47.8 Å². The van der Waals surface area contributed by atoms with Crippen LogP contribution >= 0.6 is 0 Å². The number of aryl methyl sites for hydroxylation is 2. The van der Waals surface area contributed by atoms with E-state index in [1.54, 1.807) is 22.7 Å². The van der Waals surface area contributed by atoms with Crippen LogP contribution in [0.4, 0.5) is 4.39 Å². The van der Waals surface area contributed by atoms with Crippen molar-refractivity contribution < 1.29 is 13.9 Å². The Morgan fingerprint density at radius 2 is 2.11 bits per heavy atom. The Morgan fingerprint density at radius 3 is 2.93 bits per heavy atom. The predicted octanol–water partition coefficient (Wildman–Crippen LogP) is 4.55. The number of hydrogen-bond acceptors (Lipinski definition) is 4. The Labute approximate surface area is 154 Å². The fourth-order valence-corrected chi connectivity index (χ4v) is 3.29. The lowest BCUT2D eigenvalue weighted by Gasteiger charge is -2.08. The summed E-state index contributed by atoms with van der Waals surface area (Å²) in [6.07, 6.45) is 5.65. The summed E-state index contributed by atoms with van der Waals surface area (Å²) in [4.78, 5) is 7.34. The molecule has 138 valence electrons. The van der Waals surface area contributed by atoms with Crippen LogP contribution in [0.25, 0.3) is 16.4 Å². The van der Waals surface area contributed by atoms with Crippen molar-refractivity contribution in [1.82, 2.24) is 19.6 Å². The van der Waals surface area contributed by atoms with E-state index in [1.807, 2.05) is 20.0 Å². The van der Waals surface area contributed by atoms with Crippen molar-refractivity contribution in [3.8, 4) is 17.4 Å². The van der Waals surface area contributed by atoms with E-state index in [-0.39, 0.29) is 5.75 Å². The monoisotopic (exact) mass is 366 g/mol. The SMILES string of the molecule is Cc1cc2c(F)c(Oc3ncnn4cc(OCC5CC5)c(C)c34)ccc2[nH]1. The molecule has 1 aromatic carbocycles. The minimum Gasteiger partial charge on any atom is -0.491 e. The summed E-state index contributed by atoms with van der Waals surface area (Å²) in [5.41, 5.74) is 3.18. The van der Waals surface area contributed by atoms with Crippen LogP contribution in [-0.4, -0.2) is 26.2 Å². The lowest BCUT2D eigenvalue weighted by atomic mass is 10.2. The summed E-state index contributed by atoms with van der Waals surface area (Å²) in [7, 11) is 0. The van der Waals surface area contributed by atoms with Crippen LogP contribution in [0.15, 0.2) is 30.7 Å². The van der Waals surface area contributed by atoms with Gasteiger partial charge in [-0.05, 0) is 50.8 Å². The molecule has 1 aliphatic carbocycles. The van der Waals surface area contributed by atoms with Crippen LogP contribution in [0.3, 0.4) is 0 Å². The van der Waals surface area contributed by atoms with Crippen molar-refractivity contribution >= 4 is 16.4 Å². The molecule has 1 fully saturated rings. The average Bonchev–Trinajstić information content (AvgIpc) is 3.32. The molecule has 0 saturated heterocycles. The highest BCUT2D eigenvalue weighted by molar-refractivity contribution is 5.83. The molecule has 0 spiro atoms. The highest BCUT2D eigenvalue weighted by atomic mass is 19.1. The number of ether oxygens (including phenoxy) is 2. The van der Waals surface area contributed by atoms with Gasteiger partial charge in [-0.3, -0.25) is 0 Å². The summed E-state index contributed by atoms with van der Waals surface area (Å²) in [5, 5.41) is 4.73. The van der Waals surface area contributed by atoms with E-state index in [2.05, 4.69) is 15.1 Å². The van der Waals surface area contributed by atoms with Gasteiger partial charge in [0.15, 0.2) is 11.6 Å². The van der Waals surface area contributed by atoms with Gasteiger partial charge < -0.3 is 14.5 Å². The molecule has 0 bridgehead atoms. The van der Waals surface area contributed by atoms with Crippen LogP contribution in [0, 0.1) is 25.6 Å². The van der Waals surface area contributed by atoms with E-state index in [1.165, 1.54) is 19.2 Å². The van der Waals surface area contributed by atoms with Gasteiger partial charge in [0, 0.05) is 22.2 Å². The lowest BCUT2D eigenvalue weighted by molar-refractivity contribution is 0.298. The first-order valence-corrected chi connectivity index (χ1v) is 9.01. The molecule has 0 amide bonds. The van der Waals surface area contributed by atoms with Crippen LogP contribution in [-0.2, 0) is 0 Å². The number of benzene rings is 1. The van der Waals surface area contributed by atoms with E-state index in [4.69, 9.17) is 9.47 Å². The van der Waals surface area contributed by atoms with Crippen LogP contribution in [0.5, 0.6) is 17.4 Å². The van der Waals surface area contributed by atoms with Crippen LogP contribution < -0.4 is 9.47 Å². The van der Waals surface area contributed by atoms with Crippen molar-refractivity contribution in [2.75, 3.05) is 6.61 Å². The first-order chi connectivity index (χ1) is 13.1. The summed E-state index contributed by atoms with van der Waals surface area (Å²) >= 11 is 0. The van der Waals surface area contributed by atoms with Gasteiger partial charge in [0.2, 0.25) is 5.88 Å². The fourth-order valence-electron chi connectivity index (χ4n) is 3.29. The first-order valence-electron chi connectivity index (χ1n) is 9.01. The second kappa shape index (κ2) is 5.97.